The second-order valence-corrected chi connectivity index (χ2v) is 7.42. The second-order valence-electron chi connectivity index (χ2n) is 5.56. The summed E-state index contributed by atoms with van der Waals surface area (Å²) in [4.78, 5) is 35.2. The zero-order chi connectivity index (χ0) is 20.0. The molecule has 0 aliphatic rings. The number of esters is 1. The Labute approximate surface area is 156 Å². The van der Waals surface area contributed by atoms with Gasteiger partial charge in [-0.1, -0.05) is 12.1 Å². The molecule has 0 aliphatic heterocycles. The van der Waals surface area contributed by atoms with Crippen LogP contribution in [0.3, 0.4) is 0 Å². The highest BCUT2D eigenvalue weighted by Gasteiger charge is 2.16. The predicted octanol–water partition coefficient (Wildman–Crippen LogP) is 0.247. The highest BCUT2D eigenvalue weighted by molar-refractivity contribution is 7.89. The van der Waals surface area contributed by atoms with Crippen LogP contribution in [0.5, 0.6) is 0 Å². The molecule has 2 N–H and O–H groups in total. The number of nitrogens with one attached hydrogen (secondary N) is 2. The van der Waals surface area contributed by atoms with Crippen LogP contribution in [-0.2, 0) is 30.9 Å². The maximum Gasteiger partial charge on any atom is 0.326 e. The summed E-state index contributed by atoms with van der Waals surface area (Å²) < 4.78 is 32.1. The van der Waals surface area contributed by atoms with Gasteiger partial charge in [-0.15, -0.1) is 0 Å². The largest absolute Gasteiger partial charge is 0.454 e. The van der Waals surface area contributed by atoms with Crippen molar-refractivity contribution in [2.75, 3.05) is 19.0 Å². The first-order valence-electron chi connectivity index (χ1n) is 7.88. The Morgan fingerprint density at radius 1 is 1.19 bits per heavy atom. The molecule has 1 aromatic heterocycles. The lowest BCUT2D eigenvalue weighted by Crippen LogP contribution is -2.27. The van der Waals surface area contributed by atoms with Crippen LogP contribution in [0.15, 0.2) is 52.3 Å². The average Bonchev–Trinajstić information content (AvgIpc) is 2.63. The van der Waals surface area contributed by atoms with Gasteiger partial charge in [0.25, 0.3) is 11.5 Å². The van der Waals surface area contributed by atoms with Crippen LogP contribution in [-0.4, -0.2) is 38.5 Å². The number of anilines is 1. The number of amides is 1. The molecule has 0 radical (unpaired) electrons. The molecule has 144 valence electrons. The third kappa shape index (κ3) is 5.50. The van der Waals surface area contributed by atoms with E-state index in [1.165, 1.54) is 31.4 Å². The van der Waals surface area contributed by atoms with E-state index in [4.69, 9.17) is 4.74 Å². The first kappa shape index (κ1) is 20.3. The van der Waals surface area contributed by atoms with Crippen molar-refractivity contribution >= 4 is 27.6 Å². The molecule has 0 spiro atoms. The average molecular weight is 393 g/mol. The molecule has 10 heteroatoms. The van der Waals surface area contributed by atoms with Crippen LogP contribution in [0.25, 0.3) is 0 Å². The SMILES string of the molecule is CNS(=O)(=O)c1cc(NC(=O)COC(=O)Cn2ccccc2=O)ccc1C. The molecule has 27 heavy (non-hydrogen) atoms. The maximum atomic E-state index is 12.0. The quantitative estimate of drug-likeness (QED) is 0.650. The monoisotopic (exact) mass is 393 g/mol. The molecule has 1 aromatic carbocycles. The van der Waals surface area contributed by atoms with Crippen LogP contribution in [0, 0.1) is 6.92 Å². The number of pyridine rings is 1. The Bertz CT molecular complexity index is 1010. The van der Waals surface area contributed by atoms with Gasteiger partial charge in [-0.25, -0.2) is 13.1 Å². The molecular weight excluding hydrogens is 374 g/mol. The Balaban J connectivity index is 1.96. The third-order valence-corrected chi connectivity index (χ3v) is 5.15. The number of carbonyl (C=O) groups excluding carboxylic acids is 2. The number of aryl methyl sites for hydroxylation is 1. The summed E-state index contributed by atoms with van der Waals surface area (Å²) in [5.74, 6) is -1.39. The number of carbonyl (C=O) groups is 2. The lowest BCUT2D eigenvalue weighted by atomic mass is 10.2. The van der Waals surface area contributed by atoms with E-state index >= 15 is 0 Å². The smallest absolute Gasteiger partial charge is 0.326 e. The van der Waals surface area contributed by atoms with Gasteiger partial charge in [0.05, 0.1) is 4.90 Å². The molecule has 0 bridgehead atoms. The topological polar surface area (TPSA) is 124 Å². The molecule has 0 aliphatic carbocycles. The number of hydrogen-bond acceptors (Lipinski definition) is 6. The minimum Gasteiger partial charge on any atom is -0.454 e. The van der Waals surface area contributed by atoms with Crippen LogP contribution in [0.2, 0.25) is 0 Å². The van der Waals surface area contributed by atoms with Gasteiger partial charge in [-0.2, -0.15) is 0 Å². The van der Waals surface area contributed by atoms with E-state index in [0.29, 0.717) is 5.56 Å². The minimum atomic E-state index is -3.67. The zero-order valence-electron chi connectivity index (χ0n) is 14.8. The standard InChI is InChI=1S/C17H19N3O6S/c1-12-6-7-13(9-14(12)27(24,25)18-2)19-15(21)11-26-17(23)10-20-8-4-3-5-16(20)22/h3-9,18H,10-11H2,1-2H3,(H,19,21). The summed E-state index contributed by atoms with van der Waals surface area (Å²) in [7, 11) is -2.38. The van der Waals surface area contributed by atoms with E-state index < -0.39 is 28.5 Å². The van der Waals surface area contributed by atoms with Crippen LogP contribution < -0.4 is 15.6 Å². The van der Waals surface area contributed by atoms with Crippen molar-refractivity contribution in [3.63, 3.8) is 0 Å². The van der Waals surface area contributed by atoms with Gasteiger partial charge in [-0.05, 0) is 37.7 Å². The molecule has 0 unspecified atom stereocenters. The van der Waals surface area contributed by atoms with Gasteiger partial charge in [0.2, 0.25) is 10.0 Å². The number of ether oxygens (including phenoxy) is 1. The van der Waals surface area contributed by atoms with Crippen molar-refractivity contribution in [2.45, 2.75) is 18.4 Å². The number of hydrogen-bond donors (Lipinski definition) is 2. The van der Waals surface area contributed by atoms with Crippen LogP contribution >= 0.6 is 0 Å². The lowest BCUT2D eigenvalue weighted by molar-refractivity contribution is -0.147. The van der Waals surface area contributed by atoms with Gasteiger partial charge in [0.1, 0.15) is 6.54 Å². The van der Waals surface area contributed by atoms with Crippen molar-refractivity contribution in [3.05, 3.63) is 58.5 Å². The van der Waals surface area contributed by atoms with Gasteiger partial charge in [0.15, 0.2) is 6.61 Å². The fourth-order valence-electron chi connectivity index (χ4n) is 2.20. The highest BCUT2D eigenvalue weighted by Crippen LogP contribution is 2.19. The van der Waals surface area contributed by atoms with E-state index in [-0.39, 0.29) is 22.7 Å². The van der Waals surface area contributed by atoms with Gasteiger partial charge < -0.3 is 14.6 Å². The molecular formula is C17H19N3O6S. The fourth-order valence-corrected chi connectivity index (χ4v) is 3.19. The summed E-state index contributed by atoms with van der Waals surface area (Å²) in [5.41, 5.74) is 0.397. The first-order chi connectivity index (χ1) is 12.7. The maximum absolute atomic E-state index is 12.0. The summed E-state index contributed by atoms with van der Waals surface area (Å²) in [5, 5.41) is 2.46. The molecule has 0 saturated carbocycles. The number of benzene rings is 1. The zero-order valence-corrected chi connectivity index (χ0v) is 15.6. The Hall–Kier alpha value is -2.98. The number of nitrogens with zero attached hydrogens (tertiary/aromatic N) is 1. The molecule has 0 fully saturated rings. The molecule has 0 saturated heterocycles. The second kappa shape index (κ2) is 8.60. The first-order valence-corrected chi connectivity index (χ1v) is 9.36. The van der Waals surface area contributed by atoms with Gasteiger partial charge in [-0.3, -0.25) is 14.4 Å². The summed E-state index contributed by atoms with van der Waals surface area (Å²) in [6.45, 7) is 0.744. The highest BCUT2D eigenvalue weighted by atomic mass is 32.2. The van der Waals surface area contributed by atoms with Gasteiger partial charge in [0, 0.05) is 18.0 Å². The fraction of sp³-hybridized carbons (Fsp3) is 0.235. The Kier molecular flexibility index (Phi) is 6.48. The predicted molar refractivity (Wildman–Crippen MR) is 97.7 cm³/mol. The summed E-state index contributed by atoms with van der Waals surface area (Å²) in [6.07, 6.45) is 1.43. The molecule has 2 rings (SSSR count). The Morgan fingerprint density at radius 3 is 2.59 bits per heavy atom. The molecule has 0 atom stereocenters. The van der Waals surface area contributed by atoms with Crippen molar-refractivity contribution in [1.29, 1.82) is 0 Å². The van der Waals surface area contributed by atoms with E-state index in [9.17, 15) is 22.8 Å². The van der Waals surface area contributed by atoms with E-state index in [1.54, 1.807) is 25.1 Å². The number of rotatable bonds is 7. The van der Waals surface area contributed by atoms with E-state index in [0.717, 1.165) is 4.57 Å². The lowest BCUT2D eigenvalue weighted by Gasteiger charge is -2.11. The normalized spacial score (nSPS) is 11.0. The van der Waals surface area contributed by atoms with Crippen molar-refractivity contribution in [3.8, 4) is 0 Å². The molecule has 2 aromatic rings. The number of aromatic nitrogens is 1. The van der Waals surface area contributed by atoms with Crippen LogP contribution in [0.4, 0.5) is 5.69 Å². The van der Waals surface area contributed by atoms with Crippen molar-refractivity contribution in [1.82, 2.24) is 9.29 Å². The summed E-state index contributed by atoms with van der Waals surface area (Å²) >= 11 is 0. The van der Waals surface area contributed by atoms with Gasteiger partial charge >= 0.3 is 5.97 Å². The molecule has 1 amide bonds. The van der Waals surface area contributed by atoms with Crippen molar-refractivity contribution in [2.24, 2.45) is 0 Å². The number of sulfonamides is 1. The van der Waals surface area contributed by atoms with Crippen molar-refractivity contribution < 1.29 is 22.7 Å². The Morgan fingerprint density at radius 2 is 1.93 bits per heavy atom. The third-order valence-electron chi connectivity index (χ3n) is 3.59. The summed E-state index contributed by atoms with van der Waals surface area (Å²) in [6, 6.07) is 8.83. The van der Waals surface area contributed by atoms with E-state index in [1.807, 2.05) is 0 Å². The molecule has 9 nitrogen and oxygen atoms in total. The van der Waals surface area contributed by atoms with Crippen LogP contribution in [0.1, 0.15) is 5.56 Å². The molecule has 1 heterocycles. The van der Waals surface area contributed by atoms with E-state index in [2.05, 4.69) is 10.0 Å². The minimum absolute atomic E-state index is 0.0308.